The molecule has 2 N–H and O–H groups in total. The van der Waals surface area contributed by atoms with Crippen LogP contribution in [0.25, 0.3) is 11.0 Å². The average molecular weight is 558 g/mol. The number of fused-ring (bicyclic) bond motifs is 1. The molecule has 0 saturated carbocycles. The molecule has 0 aliphatic carbocycles. The molecule has 13 heteroatoms. The van der Waals surface area contributed by atoms with Crippen molar-refractivity contribution in [2.24, 2.45) is 0 Å². The third-order valence-electron chi connectivity index (χ3n) is 7.08. The number of piperidine rings is 2. The van der Waals surface area contributed by atoms with Gasteiger partial charge in [0.05, 0.1) is 16.9 Å². The van der Waals surface area contributed by atoms with Crippen LogP contribution in [0, 0.1) is 0 Å². The summed E-state index contributed by atoms with van der Waals surface area (Å²) in [4.78, 5) is 13.8. The third kappa shape index (κ3) is 7.62. The summed E-state index contributed by atoms with van der Waals surface area (Å²) in [5.74, 6) is 1.35. The molecule has 11 nitrogen and oxygen atoms in total. The predicted molar refractivity (Wildman–Crippen MR) is 149 cm³/mol. The van der Waals surface area contributed by atoms with Crippen LogP contribution in [0.5, 0.6) is 0 Å². The molecule has 0 amide bonds. The number of anilines is 1. The van der Waals surface area contributed by atoms with E-state index in [0.717, 1.165) is 42.5 Å². The zero-order valence-electron chi connectivity index (χ0n) is 22.6. The number of nitrogens with zero attached hydrogens (tertiary/aromatic N) is 5. The zero-order chi connectivity index (χ0) is 27.1. The summed E-state index contributed by atoms with van der Waals surface area (Å²) in [7, 11) is -2.26. The molecule has 2 aliphatic heterocycles. The second-order valence-electron chi connectivity index (χ2n) is 9.82. The van der Waals surface area contributed by atoms with Crippen LogP contribution < -0.4 is 10.2 Å². The SMILES string of the molecule is CCCS(=O)(=O)N1CCCC(N(C)c2ncnc3[nH]ccc23)C1.CCCS(=O)(=O)N1CCCC(NC)C1. The fraction of sp³-hybridized carbons (Fsp3) is 0.750. The molecule has 4 rings (SSSR count). The van der Waals surface area contributed by atoms with Gasteiger partial charge in [0, 0.05) is 51.5 Å². The molecule has 2 atom stereocenters. The van der Waals surface area contributed by atoms with Crippen molar-refractivity contribution in [3.8, 4) is 0 Å². The zero-order valence-corrected chi connectivity index (χ0v) is 24.2. The van der Waals surface area contributed by atoms with E-state index >= 15 is 0 Å². The van der Waals surface area contributed by atoms with Crippen LogP contribution in [0.1, 0.15) is 52.4 Å². The largest absolute Gasteiger partial charge is 0.355 e. The Hall–Kier alpha value is -1.80. The molecular formula is C24H43N7O4S2. The summed E-state index contributed by atoms with van der Waals surface area (Å²) in [5, 5.41) is 4.10. The van der Waals surface area contributed by atoms with E-state index in [0.29, 0.717) is 45.1 Å². The topological polar surface area (TPSA) is 132 Å². The van der Waals surface area contributed by atoms with E-state index in [1.165, 1.54) is 0 Å². The second-order valence-corrected chi connectivity index (χ2v) is 14.0. The molecule has 4 heterocycles. The van der Waals surface area contributed by atoms with E-state index < -0.39 is 20.0 Å². The van der Waals surface area contributed by atoms with Crippen molar-refractivity contribution in [2.45, 2.75) is 64.5 Å². The fourth-order valence-electron chi connectivity index (χ4n) is 5.01. The standard InChI is InChI=1S/C15H23N5O2S.C9H20N2O2S/c1-3-9-23(21,22)20-8-4-5-12(10-20)19(2)15-13-6-7-16-14(13)17-11-18-15;1-3-7-14(12,13)11-6-4-5-9(8-11)10-2/h6-7,11-12H,3-5,8-10H2,1-2H3,(H,16,17,18);9-10H,3-8H2,1-2H3. The minimum absolute atomic E-state index is 0.128. The van der Waals surface area contributed by atoms with Crippen molar-refractivity contribution in [1.29, 1.82) is 0 Å². The van der Waals surface area contributed by atoms with Crippen LogP contribution in [-0.2, 0) is 20.0 Å². The van der Waals surface area contributed by atoms with Gasteiger partial charge in [-0.15, -0.1) is 0 Å². The van der Waals surface area contributed by atoms with Crippen molar-refractivity contribution in [1.82, 2.24) is 28.9 Å². The number of nitrogens with one attached hydrogen (secondary N) is 2. The van der Waals surface area contributed by atoms with E-state index in [-0.39, 0.29) is 17.5 Å². The summed E-state index contributed by atoms with van der Waals surface area (Å²) in [6, 6.07) is 2.41. The highest BCUT2D eigenvalue weighted by Crippen LogP contribution is 2.26. The first-order valence-electron chi connectivity index (χ1n) is 13.3. The lowest BCUT2D eigenvalue weighted by Gasteiger charge is -2.37. The number of aromatic nitrogens is 3. The first-order valence-corrected chi connectivity index (χ1v) is 16.5. The smallest absolute Gasteiger partial charge is 0.214 e. The summed E-state index contributed by atoms with van der Waals surface area (Å²) >= 11 is 0. The number of hydrogen-bond acceptors (Lipinski definition) is 8. The lowest BCUT2D eigenvalue weighted by molar-refractivity contribution is 0.293. The van der Waals surface area contributed by atoms with Crippen molar-refractivity contribution in [2.75, 3.05) is 56.7 Å². The molecule has 2 aromatic heterocycles. The number of rotatable bonds is 9. The molecule has 2 aliphatic rings. The summed E-state index contributed by atoms with van der Waals surface area (Å²) < 4.78 is 51.4. The van der Waals surface area contributed by atoms with Gasteiger partial charge in [-0.05, 0) is 51.6 Å². The molecule has 0 radical (unpaired) electrons. The number of sulfonamides is 2. The normalized spacial score (nSPS) is 21.9. The van der Waals surface area contributed by atoms with Gasteiger partial charge in [0.25, 0.3) is 0 Å². The maximum Gasteiger partial charge on any atom is 0.214 e. The lowest BCUT2D eigenvalue weighted by atomic mass is 10.1. The molecule has 2 aromatic rings. The highest BCUT2D eigenvalue weighted by atomic mass is 32.2. The van der Waals surface area contributed by atoms with Crippen molar-refractivity contribution in [3.05, 3.63) is 18.6 Å². The van der Waals surface area contributed by atoms with Crippen molar-refractivity contribution in [3.63, 3.8) is 0 Å². The minimum atomic E-state index is -3.15. The summed E-state index contributed by atoms with van der Waals surface area (Å²) in [6.45, 7) is 6.27. The molecule has 2 unspecified atom stereocenters. The van der Waals surface area contributed by atoms with Gasteiger partial charge in [-0.1, -0.05) is 13.8 Å². The van der Waals surface area contributed by atoms with Gasteiger partial charge in [0.2, 0.25) is 20.0 Å². The number of H-pyrrole nitrogens is 1. The summed E-state index contributed by atoms with van der Waals surface area (Å²) in [5.41, 5.74) is 0.799. The van der Waals surface area contributed by atoms with Gasteiger partial charge in [-0.3, -0.25) is 0 Å². The fourth-order valence-corrected chi connectivity index (χ4v) is 8.18. The Morgan fingerprint density at radius 3 is 2.24 bits per heavy atom. The summed E-state index contributed by atoms with van der Waals surface area (Å²) in [6.07, 6.45) is 8.61. The van der Waals surface area contributed by atoms with E-state index in [1.54, 1.807) is 14.9 Å². The second kappa shape index (κ2) is 13.3. The van der Waals surface area contributed by atoms with Gasteiger partial charge in [-0.25, -0.2) is 31.1 Å². The van der Waals surface area contributed by atoms with Crippen LogP contribution in [0.15, 0.2) is 18.6 Å². The molecular weight excluding hydrogens is 514 g/mol. The Morgan fingerprint density at radius 2 is 1.62 bits per heavy atom. The van der Waals surface area contributed by atoms with Crippen LogP contribution in [0.3, 0.4) is 0 Å². The van der Waals surface area contributed by atoms with Crippen molar-refractivity contribution >= 4 is 36.9 Å². The maximum absolute atomic E-state index is 12.3. The van der Waals surface area contributed by atoms with Crippen LogP contribution in [-0.4, -0.2) is 104 Å². The Bertz CT molecular complexity index is 1200. The first-order chi connectivity index (χ1) is 17.6. The lowest BCUT2D eigenvalue weighted by Crippen LogP contribution is -2.49. The van der Waals surface area contributed by atoms with Gasteiger partial charge < -0.3 is 15.2 Å². The molecule has 0 spiro atoms. The molecule has 2 saturated heterocycles. The van der Waals surface area contributed by atoms with Crippen molar-refractivity contribution < 1.29 is 16.8 Å². The van der Waals surface area contributed by atoms with E-state index in [1.807, 2.05) is 40.2 Å². The number of likely N-dealkylation sites (N-methyl/N-ethyl adjacent to an activating group) is 2. The first kappa shape index (κ1) is 29.8. The maximum atomic E-state index is 12.3. The average Bonchev–Trinajstić information content (AvgIpc) is 3.38. The molecule has 0 bridgehead atoms. The number of aromatic amines is 1. The Morgan fingerprint density at radius 1 is 1.00 bits per heavy atom. The Balaban J connectivity index is 0.000000233. The Labute approximate surface area is 222 Å². The monoisotopic (exact) mass is 557 g/mol. The van der Waals surface area contributed by atoms with E-state index in [2.05, 4.69) is 25.2 Å². The van der Waals surface area contributed by atoms with Crippen LogP contribution >= 0.6 is 0 Å². The molecule has 210 valence electrons. The van der Waals surface area contributed by atoms with E-state index in [4.69, 9.17) is 0 Å². The van der Waals surface area contributed by atoms with E-state index in [9.17, 15) is 16.8 Å². The van der Waals surface area contributed by atoms with Gasteiger partial charge >= 0.3 is 0 Å². The minimum Gasteiger partial charge on any atom is -0.355 e. The van der Waals surface area contributed by atoms with Gasteiger partial charge in [-0.2, -0.15) is 4.31 Å². The highest BCUT2D eigenvalue weighted by Gasteiger charge is 2.31. The Kier molecular flexibility index (Phi) is 10.7. The number of hydrogen-bond donors (Lipinski definition) is 2. The third-order valence-corrected chi connectivity index (χ3v) is 11.2. The van der Waals surface area contributed by atoms with Gasteiger partial charge in [0.15, 0.2) is 0 Å². The van der Waals surface area contributed by atoms with Crippen LogP contribution in [0.4, 0.5) is 5.82 Å². The van der Waals surface area contributed by atoms with Crippen LogP contribution in [0.2, 0.25) is 0 Å². The highest BCUT2D eigenvalue weighted by molar-refractivity contribution is 7.89. The quantitative estimate of drug-likeness (QED) is 0.479. The van der Waals surface area contributed by atoms with Gasteiger partial charge in [0.1, 0.15) is 17.8 Å². The molecule has 2 fully saturated rings. The predicted octanol–water partition coefficient (Wildman–Crippen LogP) is 2.01. The molecule has 37 heavy (non-hydrogen) atoms. The molecule has 0 aromatic carbocycles.